The number of primary amides is 1. The number of hydrogen-bond acceptors (Lipinski definition) is 11. The SMILES string of the molecule is CO[C@H]1/C=C\C=C(/C)C(=O)NC2=C/C(=N/OCCN(C)C)C(N)=C(C[C@@H](C)C[C@H](OC)[C@H](O)[C@@H](C)/C=C(\C)[C@@H]1OC(N)=O)C2=O. The lowest BCUT2D eigenvalue weighted by atomic mass is 9.85. The first-order valence-corrected chi connectivity index (χ1v) is 14.8. The van der Waals surface area contributed by atoms with E-state index in [2.05, 4.69) is 10.5 Å². The van der Waals surface area contributed by atoms with Crippen LogP contribution < -0.4 is 16.8 Å². The van der Waals surface area contributed by atoms with Gasteiger partial charge in [0.25, 0.3) is 5.91 Å². The van der Waals surface area contributed by atoms with Gasteiger partial charge in [-0.05, 0) is 58.4 Å². The fraction of sp³-hybridized carbons (Fsp3) is 0.562. The molecule has 1 heterocycles. The van der Waals surface area contributed by atoms with Crippen molar-refractivity contribution in [1.29, 1.82) is 0 Å². The maximum atomic E-state index is 13.6. The van der Waals surface area contributed by atoms with Gasteiger partial charge >= 0.3 is 6.09 Å². The first-order valence-electron chi connectivity index (χ1n) is 14.8. The lowest BCUT2D eigenvalue weighted by Crippen LogP contribution is -2.37. The number of carbonyl (C=O) groups excluding carboxylic acids is 3. The summed E-state index contributed by atoms with van der Waals surface area (Å²) in [6.45, 7) is 7.97. The summed E-state index contributed by atoms with van der Waals surface area (Å²) in [6, 6.07) is 0. The molecule has 0 aromatic carbocycles. The van der Waals surface area contributed by atoms with Crippen molar-refractivity contribution in [3.05, 3.63) is 58.5 Å². The lowest BCUT2D eigenvalue weighted by molar-refractivity contribution is -0.119. The van der Waals surface area contributed by atoms with Crippen molar-refractivity contribution in [2.24, 2.45) is 28.5 Å². The number of aliphatic hydroxyl groups is 1. The summed E-state index contributed by atoms with van der Waals surface area (Å²) in [7, 11) is 6.75. The molecule has 0 aromatic rings. The number of carbonyl (C=O) groups is 3. The van der Waals surface area contributed by atoms with Crippen LogP contribution in [0.5, 0.6) is 0 Å². The molecule has 2 amide bonds. The average molecular weight is 632 g/mol. The normalized spacial score (nSPS) is 31.4. The molecule has 0 saturated heterocycles. The number of rotatable bonds is 7. The number of aliphatic hydroxyl groups excluding tert-OH is 1. The Kier molecular flexibility index (Phi) is 14.7. The van der Waals surface area contributed by atoms with E-state index in [4.69, 9.17) is 30.5 Å². The van der Waals surface area contributed by atoms with Crippen molar-refractivity contribution >= 4 is 23.5 Å². The lowest BCUT2D eigenvalue weighted by Gasteiger charge is -2.30. The van der Waals surface area contributed by atoms with E-state index in [1.165, 1.54) is 26.4 Å². The number of hydrogen-bond donors (Lipinski definition) is 4. The standard InChI is InChI=1S/C32H49N5O8/c1-18-14-22-27(33)23(36-44-13-12-37(5)6)17-24(29(22)39)35-31(40)19(2)10-9-11-25(42-7)30(45-32(34)41)21(4)16-20(3)28(38)26(15-18)43-8/h9-11,16-18,20,25-26,28,30,38H,12-15,33H2,1-8H3,(H2,34,41)(H,35,40)/b11-9-,19-10+,21-16+,36-23-/t18-,20+,25+,26+,28-,30+/m1/s1. The van der Waals surface area contributed by atoms with E-state index in [0.717, 1.165) is 0 Å². The molecule has 13 heteroatoms. The number of fused-ring (bicyclic) bond motifs is 2. The minimum atomic E-state index is -0.992. The maximum Gasteiger partial charge on any atom is 0.405 e. The number of Topliss-reactive ketones (excluding diaryl/α,β-unsaturated/α-hetero) is 1. The van der Waals surface area contributed by atoms with E-state index in [-0.39, 0.29) is 40.6 Å². The van der Waals surface area contributed by atoms with Crippen LogP contribution in [-0.4, -0.2) is 99.4 Å². The molecule has 2 bridgehead atoms. The third-order valence-corrected chi connectivity index (χ3v) is 7.64. The molecule has 250 valence electrons. The summed E-state index contributed by atoms with van der Waals surface area (Å²) in [5.41, 5.74) is 13.3. The molecule has 6 N–H and O–H groups in total. The Bertz CT molecular complexity index is 1270. The topological polar surface area (TPSA) is 188 Å². The van der Waals surface area contributed by atoms with E-state index >= 15 is 0 Å². The molecule has 0 aromatic heterocycles. The highest BCUT2D eigenvalue weighted by atomic mass is 16.6. The quantitative estimate of drug-likeness (QED) is 0.140. The number of allylic oxidation sites excluding steroid dienone is 4. The van der Waals surface area contributed by atoms with E-state index in [0.29, 0.717) is 25.1 Å². The molecule has 0 radical (unpaired) electrons. The van der Waals surface area contributed by atoms with Crippen LogP contribution in [0.2, 0.25) is 0 Å². The molecule has 13 nitrogen and oxygen atoms in total. The first-order chi connectivity index (χ1) is 21.2. The van der Waals surface area contributed by atoms with Gasteiger partial charge in [0.2, 0.25) is 5.78 Å². The number of likely N-dealkylation sites (N-methyl/N-ethyl adjacent to an activating group) is 1. The number of amides is 2. The van der Waals surface area contributed by atoms with Gasteiger partial charge in [-0.25, -0.2) is 4.79 Å². The van der Waals surface area contributed by atoms with Crippen LogP contribution >= 0.6 is 0 Å². The number of nitrogens with zero attached hydrogens (tertiary/aromatic N) is 2. The maximum absolute atomic E-state index is 13.6. The Balaban J connectivity index is 2.61. The molecule has 2 aliphatic rings. The zero-order chi connectivity index (χ0) is 33.8. The zero-order valence-electron chi connectivity index (χ0n) is 27.5. The third-order valence-electron chi connectivity index (χ3n) is 7.64. The van der Waals surface area contributed by atoms with Crippen LogP contribution in [-0.2, 0) is 28.6 Å². The Labute approximate surface area is 265 Å². The second kappa shape index (κ2) is 17.6. The number of nitrogens with one attached hydrogen (secondary N) is 1. The number of nitrogens with two attached hydrogens (primary N) is 2. The molecule has 2 rings (SSSR count). The minimum absolute atomic E-state index is 0.00229. The highest BCUT2D eigenvalue weighted by Gasteiger charge is 2.32. The van der Waals surface area contributed by atoms with Gasteiger partial charge in [-0.15, -0.1) is 0 Å². The molecular formula is C32H49N5O8. The van der Waals surface area contributed by atoms with E-state index in [9.17, 15) is 19.5 Å². The highest BCUT2D eigenvalue weighted by molar-refractivity contribution is 6.25. The number of ether oxygens (including phenoxy) is 3. The van der Waals surface area contributed by atoms with Crippen LogP contribution in [0.3, 0.4) is 0 Å². The van der Waals surface area contributed by atoms with E-state index < -0.39 is 48.1 Å². The van der Waals surface area contributed by atoms with Crippen LogP contribution in [0, 0.1) is 11.8 Å². The van der Waals surface area contributed by atoms with Crippen LogP contribution in [0.25, 0.3) is 0 Å². The van der Waals surface area contributed by atoms with Crippen molar-refractivity contribution in [2.75, 3.05) is 41.5 Å². The second-order valence-corrected chi connectivity index (χ2v) is 11.7. The first kappa shape index (κ1) is 37.4. The Morgan fingerprint density at radius 3 is 2.47 bits per heavy atom. The fourth-order valence-electron chi connectivity index (χ4n) is 5.03. The number of methoxy groups -OCH3 is 2. The van der Waals surface area contributed by atoms with Crippen LogP contribution in [0.4, 0.5) is 4.79 Å². The molecule has 0 spiro atoms. The van der Waals surface area contributed by atoms with Crippen molar-refractivity contribution in [1.82, 2.24) is 10.2 Å². The summed E-state index contributed by atoms with van der Waals surface area (Å²) in [4.78, 5) is 46.0. The van der Waals surface area contributed by atoms with Crippen LogP contribution in [0.1, 0.15) is 40.5 Å². The monoisotopic (exact) mass is 631 g/mol. The smallest absolute Gasteiger partial charge is 0.405 e. The minimum Gasteiger partial charge on any atom is -0.439 e. The number of oxime groups is 1. The van der Waals surface area contributed by atoms with Crippen molar-refractivity contribution in [3.8, 4) is 0 Å². The largest absolute Gasteiger partial charge is 0.439 e. The highest BCUT2D eigenvalue weighted by Crippen LogP contribution is 2.28. The predicted octanol–water partition coefficient (Wildman–Crippen LogP) is 2.09. The van der Waals surface area contributed by atoms with Gasteiger partial charge in [-0.3, -0.25) is 9.59 Å². The van der Waals surface area contributed by atoms with Crippen molar-refractivity contribution < 1.29 is 38.5 Å². The summed E-state index contributed by atoms with van der Waals surface area (Å²) in [6.07, 6.45) is 4.28. The van der Waals surface area contributed by atoms with Gasteiger partial charge in [0.05, 0.1) is 23.6 Å². The molecule has 0 saturated carbocycles. The predicted molar refractivity (Wildman–Crippen MR) is 171 cm³/mol. The molecule has 45 heavy (non-hydrogen) atoms. The Morgan fingerprint density at radius 1 is 1.18 bits per heavy atom. The number of ketones is 1. The van der Waals surface area contributed by atoms with E-state index in [1.54, 1.807) is 32.1 Å². The molecule has 1 aliphatic carbocycles. The average Bonchev–Trinajstić information content (AvgIpc) is 2.98. The summed E-state index contributed by atoms with van der Waals surface area (Å²) in [5.74, 6) is -1.57. The molecule has 1 aliphatic heterocycles. The molecule has 6 atom stereocenters. The Morgan fingerprint density at radius 2 is 1.87 bits per heavy atom. The van der Waals surface area contributed by atoms with Crippen LogP contribution in [0.15, 0.2) is 63.6 Å². The summed E-state index contributed by atoms with van der Waals surface area (Å²) >= 11 is 0. The van der Waals surface area contributed by atoms with Gasteiger partial charge in [-0.2, -0.15) is 0 Å². The van der Waals surface area contributed by atoms with E-state index in [1.807, 2.05) is 32.8 Å². The molecule has 0 unspecified atom stereocenters. The zero-order valence-corrected chi connectivity index (χ0v) is 27.5. The summed E-state index contributed by atoms with van der Waals surface area (Å²) < 4.78 is 16.7. The van der Waals surface area contributed by atoms with Crippen molar-refractivity contribution in [3.63, 3.8) is 0 Å². The van der Waals surface area contributed by atoms with Gasteiger partial charge in [0.1, 0.15) is 18.4 Å². The fourth-order valence-corrected chi connectivity index (χ4v) is 5.03. The van der Waals surface area contributed by atoms with Gasteiger partial charge in [0, 0.05) is 37.8 Å². The van der Waals surface area contributed by atoms with Crippen molar-refractivity contribution in [2.45, 2.75) is 65.0 Å². The van der Waals surface area contributed by atoms with Gasteiger partial charge in [0.15, 0.2) is 6.10 Å². The van der Waals surface area contributed by atoms with Gasteiger partial charge < -0.3 is 45.8 Å². The summed E-state index contributed by atoms with van der Waals surface area (Å²) in [5, 5.41) is 18.1. The molecular weight excluding hydrogens is 582 g/mol. The molecule has 0 fully saturated rings. The van der Waals surface area contributed by atoms with Gasteiger partial charge in [-0.1, -0.05) is 43.3 Å². The third kappa shape index (κ3) is 11.0. The Hall–Kier alpha value is -3.78. The second-order valence-electron chi connectivity index (χ2n) is 11.7.